The molecule has 21 heavy (non-hydrogen) atoms. The Morgan fingerprint density at radius 1 is 1.48 bits per heavy atom. The Morgan fingerprint density at radius 3 is 2.81 bits per heavy atom. The number of hydrogen-bond acceptors (Lipinski definition) is 2. The zero-order valence-corrected chi connectivity index (χ0v) is 12.1. The number of amides is 1. The summed E-state index contributed by atoms with van der Waals surface area (Å²) in [4.78, 5) is 11.7. The smallest absolute Gasteiger partial charge is 0.223 e. The van der Waals surface area contributed by atoms with Gasteiger partial charge in [0.05, 0.1) is 12.2 Å². The van der Waals surface area contributed by atoms with Crippen molar-refractivity contribution in [3.8, 4) is 5.69 Å². The van der Waals surface area contributed by atoms with Crippen molar-refractivity contribution in [1.82, 2.24) is 15.1 Å². The number of aryl methyl sites for hydroxylation is 1. The number of benzene rings is 1. The fourth-order valence-corrected chi connectivity index (χ4v) is 2.28. The lowest BCUT2D eigenvalue weighted by molar-refractivity contribution is -0.122. The topological polar surface area (TPSA) is 46.9 Å². The molecule has 0 spiro atoms. The summed E-state index contributed by atoms with van der Waals surface area (Å²) in [7, 11) is 0. The third-order valence-electron chi connectivity index (χ3n) is 3.74. The molecular formula is C16H18FN3O. The number of aromatic nitrogens is 2. The van der Waals surface area contributed by atoms with E-state index in [1.807, 2.05) is 19.9 Å². The lowest BCUT2D eigenvalue weighted by Crippen LogP contribution is -2.27. The van der Waals surface area contributed by atoms with Crippen LogP contribution in [0.15, 0.2) is 30.6 Å². The molecule has 1 aliphatic rings. The molecular weight excluding hydrogens is 269 g/mol. The molecule has 1 aromatic heterocycles. The fraction of sp³-hybridized carbons (Fsp3) is 0.375. The summed E-state index contributed by atoms with van der Waals surface area (Å²) in [5.41, 5.74) is 2.14. The van der Waals surface area contributed by atoms with Gasteiger partial charge in [-0.3, -0.25) is 4.79 Å². The predicted octanol–water partition coefficient (Wildman–Crippen LogP) is 2.91. The first-order chi connectivity index (χ1) is 10.0. The standard InChI is InChI=1S/C16H18FN3O/c1-10-8-18-20(9-10)15-6-5-13(7-14(15)17)11(2)19-16(21)12-3-4-12/h5-9,11-12H,3-4H2,1-2H3,(H,19,21)/t11-/m0/s1. The lowest BCUT2D eigenvalue weighted by Gasteiger charge is -2.15. The highest BCUT2D eigenvalue weighted by molar-refractivity contribution is 5.81. The van der Waals surface area contributed by atoms with Crippen LogP contribution < -0.4 is 5.32 Å². The number of nitrogens with zero attached hydrogens (tertiary/aromatic N) is 2. The summed E-state index contributed by atoms with van der Waals surface area (Å²) in [5, 5.41) is 7.03. The highest BCUT2D eigenvalue weighted by Gasteiger charge is 2.30. The van der Waals surface area contributed by atoms with E-state index in [9.17, 15) is 9.18 Å². The van der Waals surface area contributed by atoms with E-state index in [0.29, 0.717) is 5.69 Å². The Morgan fingerprint density at radius 2 is 2.24 bits per heavy atom. The molecule has 0 radical (unpaired) electrons. The average Bonchev–Trinajstić information content (AvgIpc) is 3.21. The highest BCUT2D eigenvalue weighted by atomic mass is 19.1. The van der Waals surface area contributed by atoms with Crippen LogP contribution in [0.25, 0.3) is 5.69 Å². The predicted molar refractivity (Wildman–Crippen MR) is 77.5 cm³/mol. The first kappa shape index (κ1) is 13.8. The number of hydrogen-bond donors (Lipinski definition) is 1. The summed E-state index contributed by atoms with van der Waals surface area (Å²) in [5.74, 6) is -0.124. The van der Waals surface area contributed by atoms with Crippen molar-refractivity contribution in [2.75, 3.05) is 0 Å². The van der Waals surface area contributed by atoms with E-state index in [2.05, 4.69) is 10.4 Å². The van der Waals surface area contributed by atoms with Crippen molar-refractivity contribution in [2.24, 2.45) is 5.92 Å². The van der Waals surface area contributed by atoms with Gasteiger partial charge in [0.15, 0.2) is 0 Å². The molecule has 0 unspecified atom stereocenters. The second-order valence-electron chi connectivity index (χ2n) is 5.68. The van der Waals surface area contributed by atoms with Crippen molar-refractivity contribution < 1.29 is 9.18 Å². The minimum atomic E-state index is -0.344. The Bertz CT molecular complexity index is 676. The van der Waals surface area contributed by atoms with Gasteiger partial charge in [-0.2, -0.15) is 5.10 Å². The largest absolute Gasteiger partial charge is 0.349 e. The molecule has 2 aromatic rings. The summed E-state index contributed by atoms with van der Waals surface area (Å²) < 4.78 is 15.8. The SMILES string of the molecule is Cc1cnn(-c2ccc([C@H](C)NC(=O)C3CC3)cc2F)c1. The summed E-state index contributed by atoms with van der Waals surface area (Å²) in [6.07, 6.45) is 5.39. The van der Waals surface area contributed by atoms with E-state index in [4.69, 9.17) is 0 Å². The van der Waals surface area contributed by atoms with Crippen LogP contribution in [0.2, 0.25) is 0 Å². The molecule has 1 fully saturated rings. The van der Waals surface area contributed by atoms with Gasteiger partial charge in [0.25, 0.3) is 0 Å². The second-order valence-corrected chi connectivity index (χ2v) is 5.68. The Hall–Kier alpha value is -2.17. The first-order valence-corrected chi connectivity index (χ1v) is 7.16. The number of halogens is 1. The van der Waals surface area contributed by atoms with Crippen molar-refractivity contribution in [2.45, 2.75) is 32.7 Å². The van der Waals surface area contributed by atoms with Crippen LogP contribution >= 0.6 is 0 Å². The molecule has 0 aliphatic heterocycles. The molecule has 0 bridgehead atoms. The van der Waals surface area contributed by atoms with Crippen molar-refractivity contribution in [3.63, 3.8) is 0 Å². The number of carbonyl (C=O) groups excluding carboxylic acids is 1. The van der Waals surface area contributed by atoms with Crippen LogP contribution in [0.4, 0.5) is 4.39 Å². The molecule has 1 N–H and O–H groups in total. The monoisotopic (exact) mass is 287 g/mol. The molecule has 3 rings (SSSR count). The minimum Gasteiger partial charge on any atom is -0.349 e. The van der Waals surface area contributed by atoms with Gasteiger partial charge in [-0.1, -0.05) is 6.07 Å². The van der Waals surface area contributed by atoms with Gasteiger partial charge < -0.3 is 5.32 Å². The van der Waals surface area contributed by atoms with Crippen LogP contribution in [-0.4, -0.2) is 15.7 Å². The zero-order chi connectivity index (χ0) is 15.0. The van der Waals surface area contributed by atoms with Crippen molar-refractivity contribution in [1.29, 1.82) is 0 Å². The lowest BCUT2D eigenvalue weighted by atomic mass is 10.1. The first-order valence-electron chi connectivity index (χ1n) is 7.16. The molecule has 1 aliphatic carbocycles. The summed E-state index contributed by atoms with van der Waals surface area (Å²) in [6.45, 7) is 3.78. The van der Waals surface area contributed by atoms with E-state index in [0.717, 1.165) is 24.0 Å². The van der Waals surface area contributed by atoms with Gasteiger partial charge >= 0.3 is 0 Å². The van der Waals surface area contributed by atoms with Crippen LogP contribution in [0.5, 0.6) is 0 Å². The normalized spacial score (nSPS) is 15.8. The van der Waals surface area contributed by atoms with E-state index >= 15 is 0 Å². The quantitative estimate of drug-likeness (QED) is 0.940. The van der Waals surface area contributed by atoms with Gasteiger partial charge in [-0.25, -0.2) is 9.07 Å². The number of carbonyl (C=O) groups is 1. The van der Waals surface area contributed by atoms with Gasteiger partial charge in [0, 0.05) is 12.1 Å². The Balaban J connectivity index is 1.78. The Kier molecular flexibility index (Phi) is 3.49. The van der Waals surface area contributed by atoms with Crippen LogP contribution in [-0.2, 0) is 4.79 Å². The maximum Gasteiger partial charge on any atom is 0.223 e. The van der Waals surface area contributed by atoms with E-state index in [1.165, 1.54) is 10.7 Å². The summed E-state index contributed by atoms with van der Waals surface area (Å²) in [6, 6.07) is 4.79. The molecule has 1 atom stereocenters. The molecule has 1 aromatic carbocycles. The van der Waals surface area contributed by atoms with E-state index in [1.54, 1.807) is 18.5 Å². The van der Waals surface area contributed by atoms with Gasteiger partial charge in [0.1, 0.15) is 11.5 Å². The molecule has 1 saturated carbocycles. The molecule has 4 nitrogen and oxygen atoms in total. The minimum absolute atomic E-state index is 0.0645. The maximum atomic E-state index is 14.2. The number of nitrogens with one attached hydrogen (secondary N) is 1. The number of rotatable bonds is 4. The molecule has 1 amide bonds. The van der Waals surface area contributed by atoms with E-state index in [-0.39, 0.29) is 23.7 Å². The van der Waals surface area contributed by atoms with Crippen LogP contribution in [0, 0.1) is 18.7 Å². The maximum absolute atomic E-state index is 14.2. The van der Waals surface area contributed by atoms with Crippen molar-refractivity contribution >= 4 is 5.91 Å². The zero-order valence-electron chi connectivity index (χ0n) is 12.1. The van der Waals surface area contributed by atoms with Crippen LogP contribution in [0.1, 0.15) is 36.9 Å². The second kappa shape index (κ2) is 5.31. The van der Waals surface area contributed by atoms with Gasteiger partial charge in [-0.15, -0.1) is 0 Å². The summed E-state index contributed by atoms with van der Waals surface area (Å²) >= 11 is 0. The average molecular weight is 287 g/mol. The molecule has 5 heteroatoms. The van der Waals surface area contributed by atoms with Gasteiger partial charge in [-0.05, 0) is 49.9 Å². The third-order valence-corrected chi connectivity index (χ3v) is 3.74. The molecule has 110 valence electrons. The molecule has 1 heterocycles. The third kappa shape index (κ3) is 2.96. The fourth-order valence-electron chi connectivity index (χ4n) is 2.28. The molecule has 0 saturated heterocycles. The Labute approximate surface area is 123 Å². The van der Waals surface area contributed by atoms with Crippen molar-refractivity contribution in [3.05, 3.63) is 47.5 Å². The highest BCUT2D eigenvalue weighted by Crippen LogP contribution is 2.30. The van der Waals surface area contributed by atoms with Crippen LogP contribution in [0.3, 0.4) is 0 Å². The van der Waals surface area contributed by atoms with E-state index < -0.39 is 0 Å². The van der Waals surface area contributed by atoms with Gasteiger partial charge in [0.2, 0.25) is 5.91 Å².